The molecule has 24 heavy (non-hydrogen) atoms. The Morgan fingerprint density at radius 3 is 2.75 bits per heavy atom. The molecule has 0 spiro atoms. The summed E-state index contributed by atoms with van der Waals surface area (Å²) in [5, 5.41) is 11.2. The van der Waals surface area contributed by atoms with Crippen LogP contribution in [0.1, 0.15) is 12.0 Å². The van der Waals surface area contributed by atoms with Crippen LogP contribution in [0.2, 0.25) is 0 Å². The van der Waals surface area contributed by atoms with Crippen molar-refractivity contribution < 1.29 is 19.4 Å². The van der Waals surface area contributed by atoms with E-state index in [0.29, 0.717) is 9.23 Å². The summed E-state index contributed by atoms with van der Waals surface area (Å²) in [5.41, 5.74) is 0.872. The Morgan fingerprint density at radius 2 is 2.12 bits per heavy atom. The molecule has 1 saturated heterocycles. The Hall–Kier alpha value is -1.90. The Morgan fingerprint density at radius 1 is 1.42 bits per heavy atom. The smallest absolute Gasteiger partial charge is 0.266 e. The number of amides is 2. The van der Waals surface area contributed by atoms with Crippen LogP contribution in [0.3, 0.4) is 0 Å². The van der Waals surface area contributed by atoms with Crippen LogP contribution in [0.25, 0.3) is 6.08 Å². The molecule has 1 aromatic carbocycles. The van der Waals surface area contributed by atoms with Crippen LogP contribution < -0.4 is 10.1 Å². The molecule has 1 aliphatic heterocycles. The van der Waals surface area contributed by atoms with Crippen molar-refractivity contribution in [3.63, 3.8) is 0 Å². The van der Waals surface area contributed by atoms with E-state index >= 15 is 0 Å². The van der Waals surface area contributed by atoms with Gasteiger partial charge in [-0.25, -0.2) is 0 Å². The van der Waals surface area contributed by atoms with E-state index in [1.807, 2.05) is 24.3 Å². The van der Waals surface area contributed by atoms with Crippen LogP contribution in [0.15, 0.2) is 29.2 Å². The predicted molar refractivity (Wildman–Crippen MR) is 97.6 cm³/mol. The summed E-state index contributed by atoms with van der Waals surface area (Å²) in [6.45, 7) is 0.313. The number of hydrogen-bond donors (Lipinski definition) is 2. The Balaban J connectivity index is 1.99. The van der Waals surface area contributed by atoms with Crippen molar-refractivity contribution in [2.24, 2.45) is 0 Å². The lowest BCUT2D eigenvalue weighted by molar-refractivity contribution is -0.123. The Bertz CT molecular complexity index is 659. The van der Waals surface area contributed by atoms with Crippen LogP contribution in [-0.2, 0) is 9.59 Å². The van der Waals surface area contributed by atoms with Gasteiger partial charge in [0, 0.05) is 19.5 Å². The fourth-order valence-electron chi connectivity index (χ4n) is 2.04. The zero-order valence-corrected chi connectivity index (χ0v) is 14.8. The molecule has 0 saturated carbocycles. The van der Waals surface area contributed by atoms with E-state index in [-0.39, 0.29) is 37.9 Å². The van der Waals surface area contributed by atoms with Crippen LogP contribution >= 0.6 is 24.0 Å². The standard InChI is InChI=1S/C16H18N2O4S2/c1-22-12-4-2-11(3-5-12)10-13-15(21)18(16(23)24-13)8-6-14(20)17-7-9-19/h2-5,10,19H,6-9H2,1H3,(H,17,20). The van der Waals surface area contributed by atoms with Gasteiger partial charge in [0.05, 0.1) is 18.6 Å². The lowest BCUT2D eigenvalue weighted by atomic mass is 10.2. The van der Waals surface area contributed by atoms with Gasteiger partial charge in [-0.15, -0.1) is 0 Å². The van der Waals surface area contributed by atoms with Crippen molar-refractivity contribution in [3.8, 4) is 5.75 Å². The number of rotatable bonds is 7. The minimum Gasteiger partial charge on any atom is -0.497 e. The first-order valence-corrected chi connectivity index (χ1v) is 8.54. The second-order valence-corrected chi connectivity index (χ2v) is 6.61. The summed E-state index contributed by atoms with van der Waals surface area (Å²) < 4.78 is 5.54. The van der Waals surface area contributed by atoms with E-state index in [4.69, 9.17) is 22.1 Å². The molecule has 2 rings (SSSR count). The van der Waals surface area contributed by atoms with E-state index in [2.05, 4.69) is 5.32 Å². The SMILES string of the molecule is COc1ccc(C=C2SC(=S)N(CCC(=O)NCCO)C2=O)cc1. The van der Waals surface area contributed by atoms with E-state index in [9.17, 15) is 9.59 Å². The number of methoxy groups -OCH3 is 1. The summed E-state index contributed by atoms with van der Waals surface area (Å²) in [5.74, 6) is 0.321. The predicted octanol–water partition coefficient (Wildman–Crippen LogP) is 1.39. The van der Waals surface area contributed by atoms with Gasteiger partial charge in [0.25, 0.3) is 5.91 Å². The fourth-order valence-corrected chi connectivity index (χ4v) is 3.35. The third-order valence-electron chi connectivity index (χ3n) is 3.28. The van der Waals surface area contributed by atoms with Gasteiger partial charge in [0.15, 0.2) is 0 Å². The average molecular weight is 366 g/mol. The van der Waals surface area contributed by atoms with Gasteiger partial charge >= 0.3 is 0 Å². The topological polar surface area (TPSA) is 78.9 Å². The molecule has 1 aliphatic rings. The van der Waals surface area contributed by atoms with Crippen molar-refractivity contribution >= 4 is 46.2 Å². The van der Waals surface area contributed by atoms with Crippen molar-refractivity contribution in [3.05, 3.63) is 34.7 Å². The molecule has 0 unspecified atom stereocenters. The van der Waals surface area contributed by atoms with Gasteiger partial charge in [-0.2, -0.15) is 0 Å². The zero-order valence-electron chi connectivity index (χ0n) is 13.2. The summed E-state index contributed by atoms with van der Waals surface area (Å²) in [7, 11) is 1.59. The van der Waals surface area contributed by atoms with Crippen LogP contribution in [0.5, 0.6) is 5.75 Å². The third kappa shape index (κ3) is 4.80. The van der Waals surface area contributed by atoms with Crippen molar-refractivity contribution in [1.29, 1.82) is 0 Å². The highest BCUT2D eigenvalue weighted by Crippen LogP contribution is 2.32. The first-order valence-electron chi connectivity index (χ1n) is 7.32. The highest BCUT2D eigenvalue weighted by atomic mass is 32.2. The van der Waals surface area contributed by atoms with Crippen LogP contribution in [0.4, 0.5) is 0 Å². The number of ether oxygens (including phenoxy) is 1. The monoisotopic (exact) mass is 366 g/mol. The lowest BCUT2D eigenvalue weighted by Gasteiger charge is -2.13. The molecule has 1 fully saturated rings. The second kappa shape index (κ2) is 8.81. The molecule has 1 heterocycles. The number of aliphatic hydroxyl groups is 1. The Kier molecular flexibility index (Phi) is 6.77. The summed E-state index contributed by atoms with van der Waals surface area (Å²) in [6, 6.07) is 7.34. The maximum Gasteiger partial charge on any atom is 0.266 e. The number of thiocarbonyl (C=S) groups is 1. The minimum absolute atomic E-state index is 0.114. The highest BCUT2D eigenvalue weighted by molar-refractivity contribution is 8.26. The maximum absolute atomic E-state index is 12.4. The van der Waals surface area contributed by atoms with Crippen LogP contribution in [-0.4, -0.2) is 52.9 Å². The fraction of sp³-hybridized carbons (Fsp3) is 0.312. The number of carbonyl (C=O) groups excluding carboxylic acids is 2. The number of carbonyl (C=O) groups is 2. The summed E-state index contributed by atoms with van der Waals surface area (Å²) in [6.07, 6.45) is 1.91. The van der Waals surface area contributed by atoms with Gasteiger partial charge < -0.3 is 15.2 Å². The molecular formula is C16H18N2O4S2. The number of aliphatic hydroxyl groups excluding tert-OH is 1. The van der Waals surface area contributed by atoms with E-state index in [0.717, 1.165) is 11.3 Å². The molecular weight excluding hydrogens is 348 g/mol. The molecule has 128 valence electrons. The first-order chi connectivity index (χ1) is 11.5. The molecule has 0 atom stereocenters. The summed E-state index contributed by atoms with van der Waals surface area (Å²) >= 11 is 6.45. The van der Waals surface area contributed by atoms with Gasteiger partial charge in [0.1, 0.15) is 10.1 Å². The molecule has 2 N–H and O–H groups in total. The zero-order chi connectivity index (χ0) is 17.5. The molecule has 1 aromatic rings. The van der Waals surface area contributed by atoms with Crippen LogP contribution in [0, 0.1) is 0 Å². The quantitative estimate of drug-likeness (QED) is 0.561. The summed E-state index contributed by atoms with van der Waals surface area (Å²) in [4.78, 5) is 25.9. The van der Waals surface area contributed by atoms with Gasteiger partial charge in [-0.3, -0.25) is 14.5 Å². The molecule has 0 aromatic heterocycles. The lowest BCUT2D eigenvalue weighted by Crippen LogP contribution is -2.34. The van der Waals surface area contributed by atoms with Crippen molar-refractivity contribution in [1.82, 2.24) is 10.2 Å². The molecule has 8 heteroatoms. The van der Waals surface area contributed by atoms with E-state index in [1.165, 1.54) is 16.7 Å². The Labute approximate surface area is 149 Å². The molecule has 2 amide bonds. The largest absolute Gasteiger partial charge is 0.497 e. The number of nitrogens with one attached hydrogen (secondary N) is 1. The molecule has 6 nitrogen and oxygen atoms in total. The van der Waals surface area contributed by atoms with E-state index < -0.39 is 0 Å². The van der Waals surface area contributed by atoms with Gasteiger partial charge in [0.2, 0.25) is 5.91 Å². The normalized spacial score (nSPS) is 15.9. The van der Waals surface area contributed by atoms with Crippen molar-refractivity contribution in [2.75, 3.05) is 26.8 Å². The van der Waals surface area contributed by atoms with Gasteiger partial charge in [-0.05, 0) is 23.8 Å². The van der Waals surface area contributed by atoms with Crippen molar-refractivity contribution in [2.45, 2.75) is 6.42 Å². The second-order valence-electron chi connectivity index (χ2n) is 4.93. The highest BCUT2D eigenvalue weighted by Gasteiger charge is 2.31. The van der Waals surface area contributed by atoms with Gasteiger partial charge in [-0.1, -0.05) is 36.1 Å². The third-order valence-corrected chi connectivity index (χ3v) is 4.66. The molecule has 0 bridgehead atoms. The van der Waals surface area contributed by atoms with E-state index in [1.54, 1.807) is 13.2 Å². The number of hydrogen-bond acceptors (Lipinski definition) is 6. The number of thioether (sulfide) groups is 1. The average Bonchev–Trinajstić information content (AvgIpc) is 2.85. The number of benzene rings is 1. The first kappa shape index (κ1) is 18.4. The number of nitrogens with zero attached hydrogens (tertiary/aromatic N) is 1. The minimum atomic E-state index is -0.225. The maximum atomic E-state index is 12.4. The molecule has 0 aliphatic carbocycles. The molecule has 0 radical (unpaired) electrons.